The Bertz CT molecular complexity index is 593. The maximum atomic E-state index is 9.45. The molecule has 2 heteroatoms. The molecule has 0 amide bonds. The van der Waals surface area contributed by atoms with Crippen LogP contribution in [0.2, 0.25) is 0 Å². The van der Waals surface area contributed by atoms with Gasteiger partial charge in [-0.1, -0.05) is 49.4 Å². The van der Waals surface area contributed by atoms with E-state index >= 15 is 0 Å². The van der Waals surface area contributed by atoms with Crippen LogP contribution in [0, 0.1) is 0 Å². The van der Waals surface area contributed by atoms with E-state index in [1.165, 1.54) is 17.5 Å². The second-order valence-electron chi connectivity index (χ2n) is 5.62. The second-order valence-corrected chi connectivity index (χ2v) is 5.62. The molecule has 2 unspecified atom stereocenters. The highest BCUT2D eigenvalue weighted by molar-refractivity contribution is 5.53. The zero-order chi connectivity index (χ0) is 13.9. The first kappa shape index (κ1) is 13.2. The minimum atomic E-state index is 0.0773. The summed E-state index contributed by atoms with van der Waals surface area (Å²) in [7, 11) is 0. The molecule has 0 saturated carbocycles. The Labute approximate surface area is 120 Å². The van der Waals surface area contributed by atoms with Crippen molar-refractivity contribution in [3.63, 3.8) is 0 Å². The smallest absolute Gasteiger partial charge is 0.0701 e. The van der Waals surface area contributed by atoms with Crippen LogP contribution in [0.3, 0.4) is 0 Å². The summed E-state index contributed by atoms with van der Waals surface area (Å²) in [6, 6.07) is 17.0. The number of nitrogens with one attached hydrogen (secondary N) is 1. The molecule has 1 aliphatic rings. The summed E-state index contributed by atoms with van der Waals surface area (Å²) in [5.74, 6) is 0.636. The molecule has 2 nitrogen and oxygen atoms in total. The minimum absolute atomic E-state index is 0.0773. The number of hydrogen-bond donors (Lipinski definition) is 2. The molecule has 1 aliphatic carbocycles. The Morgan fingerprint density at radius 1 is 1.00 bits per heavy atom. The topological polar surface area (TPSA) is 32.3 Å². The molecule has 0 heterocycles. The second kappa shape index (κ2) is 5.68. The predicted octanol–water partition coefficient (Wildman–Crippen LogP) is 4.23. The Morgan fingerprint density at radius 3 is 2.50 bits per heavy atom. The third-order valence-electron chi connectivity index (χ3n) is 4.31. The van der Waals surface area contributed by atoms with Crippen molar-refractivity contribution in [3.8, 4) is 0 Å². The van der Waals surface area contributed by atoms with E-state index in [-0.39, 0.29) is 6.61 Å². The SMILES string of the molecule is CC1CCC(Nc2ccccc2CO)c2ccccc21. The van der Waals surface area contributed by atoms with Crippen LogP contribution in [-0.4, -0.2) is 5.11 Å². The molecular formula is C18H21NO. The van der Waals surface area contributed by atoms with Crippen molar-refractivity contribution in [2.45, 2.75) is 38.3 Å². The molecule has 0 radical (unpaired) electrons. The maximum absolute atomic E-state index is 9.45. The van der Waals surface area contributed by atoms with Crippen molar-refractivity contribution in [1.29, 1.82) is 0 Å². The summed E-state index contributed by atoms with van der Waals surface area (Å²) in [6.45, 7) is 2.38. The average Bonchev–Trinajstić information content (AvgIpc) is 2.51. The van der Waals surface area contributed by atoms with Crippen LogP contribution in [0.4, 0.5) is 5.69 Å². The molecule has 2 N–H and O–H groups in total. The number of benzene rings is 2. The monoisotopic (exact) mass is 267 g/mol. The zero-order valence-electron chi connectivity index (χ0n) is 11.8. The normalized spacial score (nSPS) is 21.3. The molecule has 3 rings (SSSR count). The molecule has 20 heavy (non-hydrogen) atoms. The van der Waals surface area contributed by atoms with Crippen LogP contribution in [0.5, 0.6) is 0 Å². The van der Waals surface area contributed by atoms with Gasteiger partial charge in [-0.05, 0) is 36.0 Å². The van der Waals surface area contributed by atoms with E-state index in [1.54, 1.807) is 0 Å². The van der Waals surface area contributed by atoms with Crippen LogP contribution in [0.25, 0.3) is 0 Å². The molecule has 0 saturated heterocycles. The lowest BCUT2D eigenvalue weighted by molar-refractivity contribution is 0.282. The van der Waals surface area contributed by atoms with Gasteiger partial charge < -0.3 is 10.4 Å². The Balaban J connectivity index is 1.91. The van der Waals surface area contributed by atoms with Crippen molar-refractivity contribution in [2.24, 2.45) is 0 Å². The van der Waals surface area contributed by atoms with Gasteiger partial charge in [0.05, 0.1) is 12.6 Å². The van der Waals surface area contributed by atoms with Crippen LogP contribution >= 0.6 is 0 Å². The zero-order valence-corrected chi connectivity index (χ0v) is 11.8. The van der Waals surface area contributed by atoms with Crippen molar-refractivity contribution < 1.29 is 5.11 Å². The fraction of sp³-hybridized carbons (Fsp3) is 0.333. The van der Waals surface area contributed by atoms with Crippen LogP contribution in [0.15, 0.2) is 48.5 Å². The summed E-state index contributed by atoms with van der Waals surface area (Å²) in [5, 5.41) is 13.1. The van der Waals surface area contributed by atoms with Gasteiger partial charge in [0, 0.05) is 11.3 Å². The van der Waals surface area contributed by atoms with Gasteiger partial charge in [-0.15, -0.1) is 0 Å². The third-order valence-corrected chi connectivity index (χ3v) is 4.31. The van der Waals surface area contributed by atoms with E-state index in [4.69, 9.17) is 0 Å². The third kappa shape index (κ3) is 2.44. The van der Waals surface area contributed by atoms with Crippen molar-refractivity contribution in [3.05, 3.63) is 65.2 Å². The van der Waals surface area contributed by atoms with Gasteiger partial charge in [-0.3, -0.25) is 0 Å². The van der Waals surface area contributed by atoms with Crippen LogP contribution in [-0.2, 0) is 6.61 Å². The number of hydrogen-bond acceptors (Lipinski definition) is 2. The van der Waals surface area contributed by atoms with E-state index in [1.807, 2.05) is 24.3 Å². The highest BCUT2D eigenvalue weighted by atomic mass is 16.3. The van der Waals surface area contributed by atoms with Gasteiger partial charge in [0.1, 0.15) is 0 Å². The minimum Gasteiger partial charge on any atom is -0.392 e. The van der Waals surface area contributed by atoms with Gasteiger partial charge in [0.2, 0.25) is 0 Å². The highest BCUT2D eigenvalue weighted by Gasteiger charge is 2.24. The van der Waals surface area contributed by atoms with E-state index in [0.717, 1.165) is 17.7 Å². The molecule has 104 valence electrons. The molecule has 0 aliphatic heterocycles. The number of fused-ring (bicyclic) bond motifs is 1. The average molecular weight is 267 g/mol. The Hall–Kier alpha value is -1.80. The largest absolute Gasteiger partial charge is 0.392 e. The Kier molecular flexibility index (Phi) is 3.75. The van der Waals surface area contributed by atoms with Crippen LogP contribution < -0.4 is 5.32 Å². The van der Waals surface area contributed by atoms with E-state index < -0.39 is 0 Å². The summed E-state index contributed by atoms with van der Waals surface area (Å²) < 4.78 is 0. The van der Waals surface area contributed by atoms with Crippen molar-refractivity contribution in [1.82, 2.24) is 0 Å². The molecule has 2 aromatic rings. The van der Waals surface area contributed by atoms with Gasteiger partial charge in [-0.2, -0.15) is 0 Å². The molecule has 0 fully saturated rings. The number of para-hydroxylation sites is 1. The van der Waals surface area contributed by atoms with Gasteiger partial charge in [0.25, 0.3) is 0 Å². The first-order valence-electron chi connectivity index (χ1n) is 7.33. The predicted molar refractivity (Wildman–Crippen MR) is 82.8 cm³/mol. The van der Waals surface area contributed by atoms with Crippen molar-refractivity contribution >= 4 is 5.69 Å². The first-order valence-corrected chi connectivity index (χ1v) is 7.33. The summed E-state index contributed by atoms with van der Waals surface area (Å²) >= 11 is 0. The lowest BCUT2D eigenvalue weighted by atomic mass is 9.81. The van der Waals surface area contributed by atoms with Gasteiger partial charge >= 0.3 is 0 Å². The van der Waals surface area contributed by atoms with Gasteiger partial charge in [-0.25, -0.2) is 0 Å². The van der Waals surface area contributed by atoms with E-state index in [2.05, 4.69) is 36.5 Å². The molecular weight excluding hydrogens is 246 g/mol. The van der Waals surface area contributed by atoms with E-state index in [9.17, 15) is 5.11 Å². The van der Waals surface area contributed by atoms with Gasteiger partial charge in [0.15, 0.2) is 0 Å². The first-order chi connectivity index (χ1) is 9.79. The van der Waals surface area contributed by atoms with Crippen molar-refractivity contribution in [2.75, 3.05) is 5.32 Å². The number of rotatable bonds is 3. The lowest BCUT2D eigenvalue weighted by Crippen LogP contribution is -2.19. The summed E-state index contributed by atoms with van der Waals surface area (Å²) in [6.07, 6.45) is 2.34. The molecule has 2 atom stereocenters. The standard InChI is InChI=1S/C18H21NO/c1-13-10-11-18(16-8-4-3-7-15(13)16)19-17-9-5-2-6-14(17)12-20/h2-9,13,18-20H,10-12H2,1H3. The fourth-order valence-electron chi connectivity index (χ4n) is 3.14. The quantitative estimate of drug-likeness (QED) is 0.872. The number of anilines is 1. The highest BCUT2D eigenvalue weighted by Crippen LogP contribution is 2.39. The molecule has 2 aromatic carbocycles. The summed E-state index contributed by atoms with van der Waals surface area (Å²) in [5.41, 5.74) is 4.87. The number of aliphatic hydroxyl groups excluding tert-OH is 1. The molecule has 0 bridgehead atoms. The summed E-state index contributed by atoms with van der Waals surface area (Å²) in [4.78, 5) is 0. The molecule has 0 aromatic heterocycles. The maximum Gasteiger partial charge on any atom is 0.0701 e. The molecule has 0 spiro atoms. The lowest BCUT2D eigenvalue weighted by Gasteiger charge is -2.31. The van der Waals surface area contributed by atoms with E-state index in [0.29, 0.717) is 12.0 Å². The number of aliphatic hydroxyl groups is 1. The van der Waals surface area contributed by atoms with Crippen LogP contribution in [0.1, 0.15) is 48.4 Å². The fourth-order valence-corrected chi connectivity index (χ4v) is 3.14. The Morgan fingerprint density at radius 2 is 1.70 bits per heavy atom.